The van der Waals surface area contributed by atoms with Crippen molar-refractivity contribution in [3.63, 3.8) is 0 Å². The Morgan fingerprint density at radius 3 is 1.92 bits per heavy atom. The first-order valence-corrected chi connectivity index (χ1v) is 9.23. The fourth-order valence-corrected chi connectivity index (χ4v) is 2.23. The maximum Gasteiger partial charge on any atom is 0.330 e. The number of unbranched alkanes of at least 4 members (excludes halogenated alkanes) is 8. The van der Waals surface area contributed by atoms with Gasteiger partial charge in [-0.1, -0.05) is 64.9 Å². The number of carbonyl (C=O) groups is 2. The monoisotopic (exact) mass is 342 g/mol. The molecule has 0 aromatic rings. The molecule has 5 heteroatoms. The van der Waals surface area contributed by atoms with Crippen LogP contribution in [0.2, 0.25) is 0 Å². The summed E-state index contributed by atoms with van der Waals surface area (Å²) in [6.45, 7) is 6.54. The molecular formula is C19H34O5. The van der Waals surface area contributed by atoms with Crippen molar-refractivity contribution in [2.45, 2.75) is 71.1 Å². The first kappa shape index (κ1) is 22.6. The van der Waals surface area contributed by atoms with Crippen molar-refractivity contribution in [1.29, 1.82) is 0 Å². The summed E-state index contributed by atoms with van der Waals surface area (Å²) in [4.78, 5) is 22.3. The van der Waals surface area contributed by atoms with E-state index in [4.69, 9.17) is 14.2 Å². The van der Waals surface area contributed by atoms with Gasteiger partial charge in [0.25, 0.3) is 0 Å². The molecule has 0 fully saturated rings. The highest BCUT2D eigenvalue weighted by atomic mass is 16.6. The molecule has 0 heterocycles. The van der Waals surface area contributed by atoms with Crippen molar-refractivity contribution < 1.29 is 23.8 Å². The molecule has 0 unspecified atom stereocenters. The number of ether oxygens (including phenoxy) is 3. The van der Waals surface area contributed by atoms with Crippen LogP contribution in [-0.2, 0) is 23.8 Å². The van der Waals surface area contributed by atoms with Gasteiger partial charge in [-0.05, 0) is 6.42 Å². The molecule has 24 heavy (non-hydrogen) atoms. The Morgan fingerprint density at radius 2 is 1.33 bits per heavy atom. The zero-order valence-corrected chi connectivity index (χ0v) is 15.2. The number of esters is 2. The Morgan fingerprint density at radius 1 is 0.792 bits per heavy atom. The Kier molecular flexibility index (Phi) is 17.0. The van der Waals surface area contributed by atoms with Crippen molar-refractivity contribution in [2.24, 2.45) is 0 Å². The van der Waals surface area contributed by atoms with Crippen LogP contribution < -0.4 is 0 Å². The number of carbonyl (C=O) groups excluding carboxylic acids is 2. The summed E-state index contributed by atoms with van der Waals surface area (Å²) in [6, 6.07) is 0. The van der Waals surface area contributed by atoms with Crippen LogP contribution in [0.4, 0.5) is 0 Å². The van der Waals surface area contributed by atoms with E-state index in [1.165, 1.54) is 44.9 Å². The van der Waals surface area contributed by atoms with Crippen LogP contribution in [0, 0.1) is 0 Å². The maximum atomic E-state index is 11.5. The Hall–Kier alpha value is -1.36. The third-order valence-electron chi connectivity index (χ3n) is 3.61. The van der Waals surface area contributed by atoms with E-state index in [0.717, 1.165) is 18.9 Å². The Labute approximate surface area is 146 Å². The van der Waals surface area contributed by atoms with Gasteiger partial charge in [-0.15, -0.1) is 0 Å². The molecule has 0 spiro atoms. The SMILES string of the molecule is C=CC(=O)OCCOCCOC(=O)CCCCCCCCCCC. The molecule has 140 valence electrons. The fourth-order valence-electron chi connectivity index (χ4n) is 2.23. The van der Waals surface area contributed by atoms with Crippen LogP contribution in [-0.4, -0.2) is 38.4 Å². The summed E-state index contributed by atoms with van der Waals surface area (Å²) >= 11 is 0. The van der Waals surface area contributed by atoms with Gasteiger partial charge in [-0.25, -0.2) is 4.79 Å². The lowest BCUT2D eigenvalue weighted by Gasteiger charge is -2.06. The highest BCUT2D eigenvalue weighted by Gasteiger charge is 2.02. The highest BCUT2D eigenvalue weighted by Crippen LogP contribution is 2.10. The van der Waals surface area contributed by atoms with Crippen molar-refractivity contribution in [1.82, 2.24) is 0 Å². The van der Waals surface area contributed by atoms with Gasteiger partial charge in [0.2, 0.25) is 0 Å². The van der Waals surface area contributed by atoms with E-state index in [0.29, 0.717) is 13.0 Å². The lowest BCUT2D eigenvalue weighted by Crippen LogP contribution is -2.13. The molecule has 0 saturated carbocycles. The van der Waals surface area contributed by atoms with Gasteiger partial charge in [0.15, 0.2) is 0 Å². The van der Waals surface area contributed by atoms with Crippen LogP contribution in [0.25, 0.3) is 0 Å². The summed E-state index contributed by atoms with van der Waals surface area (Å²) in [5, 5.41) is 0. The summed E-state index contributed by atoms with van der Waals surface area (Å²) in [7, 11) is 0. The summed E-state index contributed by atoms with van der Waals surface area (Å²) in [5.74, 6) is -0.634. The van der Waals surface area contributed by atoms with Gasteiger partial charge in [-0.3, -0.25) is 4.79 Å². The predicted octanol–water partition coefficient (Wildman–Crippen LogP) is 4.20. The van der Waals surface area contributed by atoms with E-state index in [1.54, 1.807) is 0 Å². The molecular weight excluding hydrogens is 308 g/mol. The van der Waals surface area contributed by atoms with Crippen LogP contribution in [0.15, 0.2) is 12.7 Å². The van der Waals surface area contributed by atoms with Crippen molar-refractivity contribution in [3.05, 3.63) is 12.7 Å². The lowest BCUT2D eigenvalue weighted by atomic mass is 10.1. The molecule has 0 aliphatic rings. The van der Waals surface area contributed by atoms with Crippen molar-refractivity contribution >= 4 is 11.9 Å². The minimum Gasteiger partial charge on any atom is -0.463 e. The van der Waals surface area contributed by atoms with E-state index in [1.807, 2.05) is 0 Å². The summed E-state index contributed by atoms with van der Waals surface area (Å²) in [5.41, 5.74) is 0. The van der Waals surface area contributed by atoms with Gasteiger partial charge in [0.05, 0.1) is 13.2 Å². The molecule has 0 rings (SSSR count). The number of rotatable bonds is 17. The van der Waals surface area contributed by atoms with E-state index < -0.39 is 5.97 Å². The minimum absolute atomic E-state index is 0.167. The molecule has 0 aliphatic carbocycles. The first-order valence-electron chi connectivity index (χ1n) is 9.23. The topological polar surface area (TPSA) is 61.8 Å². The third-order valence-corrected chi connectivity index (χ3v) is 3.61. The highest BCUT2D eigenvalue weighted by molar-refractivity contribution is 5.81. The van der Waals surface area contributed by atoms with Gasteiger partial charge >= 0.3 is 11.9 Å². The zero-order chi connectivity index (χ0) is 17.9. The van der Waals surface area contributed by atoms with Crippen LogP contribution in [0.1, 0.15) is 71.1 Å². The second-order valence-corrected chi connectivity index (χ2v) is 5.78. The molecule has 0 aromatic carbocycles. The number of hydrogen-bond acceptors (Lipinski definition) is 5. The molecule has 0 N–H and O–H groups in total. The molecule has 0 aliphatic heterocycles. The third kappa shape index (κ3) is 17.0. The van der Waals surface area contributed by atoms with E-state index in [-0.39, 0.29) is 25.8 Å². The summed E-state index contributed by atoms with van der Waals surface area (Å²) in [6.07, 6.45) is 12.7. The van der Waals surface area contributed by atoms with Crippen molar-refractivity contribution in [3.8, 4) is 0 Å². The average Bonchev–Trinajstić information content (AvgIpc) is 2.59. The molecule has 0 radical (unpaired) electrons. The molecule has 0 amide bonds. The Bertz CT molecular complexity index is 328. The minimum atomic E-state index is -0.467. The van der Waals surface area contributed by atoms with E-state index in [2.05, 4.69) is 13.5 Å². The molecule has 0 atom stereocenters. The van der Waals surface area contributed by atoms with Crippen LogP contribution in [0.5, 0.6) is 0 Å². The van der Waals surface area contributed by atoms with E-state index in [9.17, 15) is 9.59 Å². The second-order valence-electron chi connectivity index (χ2n) is 5.78. The standard InChI is InChI=1S/C19H34O5/c1-3-5-6-7-8-9-10-11-12-13-19(21)24-17-15-22-14-16-23-18(20)4-2/h4H,2-3,5-17H2,1H3. The normalized spacial score (nSPS) is 10.4. The van der Waals surface area contributed by atoms with Crippen molar-refractivity contribution in [2.75, 3.05) is 26.4 Å². The number of hydrogen-bond donors (Lipinski definition) is 0. The van der Waals surface area contributed by atoms with Gasteiger partial charge in [0.1, 0.15) is 13.2 Å². The smallest absolute Gasteiger partial charge is 0.330 e. The summed E-state index contributed by atoms with van der Waals surface area (Å²) < 4.78 is 15.0. The second kappa shape index (κ2) is 18.0. The molecule has 0 aromatic heterocycles. The first-order chi connectivity index (χ1) is 11.7. The molecule has 0 saturated heterocycles. The molecule has 0 bridgehead atoms. The maximum absolute atomic E-state index is 11.5. The lowest BCUT2D eigenvalue weighted by molar-refractivity contribution is -0.145. The van der Waals surface area contributed by atoms with Gasteiger partial charge in [-0.2, -0.15) is 0 Å². The van der Waals surface area contributed by atoms with Gasteiger partial charge in [0, 0.05) is 12.5 Å². The zero-order valence-electron chi connectivity index (χ0n) is 15.2. The van der Waals surface area contributed by atoms with Gasteiger partial charge < -0.3 is 14.2 Å². The van der Waals surface area contributed by atoms with Crippen LogP contribution >= 0.6 is 0 Å². The largest absolute Gasteiger partial charge is 0.463 e. The average molecular weight is 342 g/mol. The Balaban J connectivity index is 3.21. The van der Waals surface area contributed by atoms with Crippen LogP contribution in [0.3, 0.4) is 0 Å². The quantitative estimate of drug-likeness (QED) is 0.225. The van der Waals surface area contributed by atoms with E-state index >= 15 is 0 Å². The fraction of sp³-hybridized carbons (Fsp3) is 0.789. The molecule has 5 nitrogen and oxygen atoms in total. The predicted molar refractivity (Wildman–Crippen MR) is 94.8 cm³/mol.